The second kappa shape index (κ2) is 5.28. The molecule has 0 amide bonds. The van der Waals surface area contributed by atoms with Crippen molar-refractivity contribution in [2.75, 3.05) is 0 Å². The second-order valence-electron chi connectivity index (χ2n) is 4.63. The number of hydrogen-bond acceptors (Lipinski definition) is 2. The van der Waals surface area contributed by atoms with E-state index in [9.17, 15) is 0 Å². The Morgan fingerprint density at radius 3 is 2.82 bits per heavy atom. The molecule has 1 unspecified atom stereocenters. The highest BCUT2D eigenvalue weighted by molar-refractivity contribution is 5.82. The first-order valence-electron chi connectivity index (χ1n) is 6.34. The van der Waals surface area contributed by atoms with Gasteiger partial charge in [-0.05, 0) is 31.0 Å². The zero-order valence-electron chi connectivity index (χ0n) is 10.6. The van der Waals surface area contributed by atoms with Crippen LogP contribution in [0, 0.1) is 6.92 Å². The number of rotatable bonds is 4. The van der Waals surface area contributed by atoms with E-state index in [0.717, 1.165) is 24.1 Å². The molecule has 0 fully saturated rings. The quantitative estimate of drug-likeness (QED) is 0.866. The minimum Gasteiger partial charge on any atom is -0.323 e. The molecular formula is C15H20N2. The highest BCUT2D eigenvalue weighted by Gasteiger charge is 2.09. The van der Waals surface area contributed by atoms with Gasteiger partial charge in [-0.15, -0.1) is 0 Å². The summed E-state index contributed by atoms with van der Waals surface area (Å²) in [6, 6.07) is 10.4. The lowest BCUT2D eigenvalue weighted by molar-refractivity contribution is 0.592. The summed E-state index contributed by atoms with van der Waals surface area (Å²) in [5.41, 5.74) is 9.51. The van der Waals surface area contributed by atoms with Crippen LogP contribution in [0.15, 0.2) is 30.3 Å². The van der Waals surface area contributed by atoms with Gasteiger partial charge in [0.05, 0.1) is 11.2 Å². The fourth-order valence-corrected chi connectivity index (χ4v) is 2.14. The van der Waals surface area contributed by atoms with Crippen LogP contribution in [0.3, 0.4) is 0 Å². The molecule has 0 spiro atoms. The molecule has 0 aliphatic carbocycles. The molecule has 2 nitrogen and oxygen atoms in total. The number of para-hydroxylation sites is 1. The van der Waals surface area contributed by atoms with Crippen LogP contribution in [0.4, 0.5) is 0 Å². The summed E-state index contributed by atoms with van der Waals surface area (Å²) in [5.74, 6) is 0. The van der Waals surface area contributed by atoms with E-state index in [-0.39, 0.29) is 6.04 Å². The Balaban J connectivity index is 2.36. The largest absolute Gasteiger partial charge is 0.323 e. The molecule has 0 saturated carbocycles. The summed E-state index contributed by atoms with van der Waals surface area (Å²) in [7, 11) is 0. The lowest BCUT2D eigenvalue weighted by Gasteiger charge is -2.12. The molecule has 0 radical (unpaired) electrons. The zero-order valence-corrected chi connectivity index (χ0v) is 10.6. The Hall–Kier alpha value is -1.41. The fraction of sp³-hybridized carbons (Fsp3) is 0.400. The van der Waals surface area contributed by atoms with Crippen LogP contribution in [0.2, 0.25) is 0 Å². The molecule has 2 N–H and O–H groups in total. The van der Waals surface area contributed by atoms with Crippen LogP contribution in [0.25, 0.3) is 10.9 Å². The number of hydrogen-bond donors (Lipinski definition) is 1. The van der Waals surface area contributed by atoms with Crippen molar-refractivity contribution in [3.8, 4) is 0 Å². The Bertz CT molecular complexity index is 505. The second-order valence-corrected chi connectivity index (χ2v) is 4.63. The van der Waals surface area contributed by atoms with E-state index in [4.69, 9.17) is 5.73 Å². The summed E-state index contributed by atoms with van der Waals surface area (Å²) >= 11 is 0. The average molecular weight is 228 g/mol. The van der Waals surface area contributed by atoms with Gasteiger partial charge in [-0.2, -0.15) is 0 Å². The molecular weight excluding hydrogens is 208 g/mol. The van der Waals surface area contributed by atoms with Gasteiger partial charge in [-0.25, -0.2) is 0 Å². The third-order valence-corrected chi connectivity index (χ3v) is 3.19. The average Bonchev–Trinajstić information content (AvgIpc) is 2.36. The third kappa shape index (κ3) is 2.64. The maximum atomic E-state index is 6.18. The molecule has 17 heavy (non-hydrogen) atoms. The van der Waals surface area contributed by atoms with E-state index in [1.807, 2.05) is 12.1 Å². The molecule has 1 aromatic heterocycles. The van der Waals surface area contributed by atoms with Crippen LogP contribution in [0.1, 0.15) is 43.5 Å². The predicted molar refractivity (Wildman–Crippen MR) is 72.9 cm³/mol. The van der Waals surface area contributed by atoms with Crippen molar-refractivity contribution in [1.29, 1.82) is 0 Å². The molecule has 0 aliphatic rings. The van der Waals surface area contributed by atoms with Crippen LogP contribution in [-0.2, 0) is 0 Å². The predicted octanol–water partition coefficient (Wildman–Crippen LogP) is 3.73. The standard InChI is InChI=1S/C15H20N2/c1-3-4-8-13(16)15-10-11(2)12-7-5-6-9-14(12)17-15/h5-7,9-10,13H,3-4,8,16H2,1-2H3. The molecule has 2 rings (SSSR count). The topological polar surface area (TPSA) is 38.9 Å². The van der Waals surface area contributed by atoms with Gasteiger partial charge < -0.3 is 5.73 Å². The van der Waals surface area contributed by atoms with Crippen molar-refractivity contribution in [1.82, 2.24) is 4.98 Å². The van der Waals surface area contributed by atoms with E-state index in [1.54, 1.807) is 0 Å². The minimum absolute atomic E-state index is 0.0678. The Morgan fingerprint density at radius 2 is 2.06 bits per heavy atom. The number of nitrogens with two attached hydrogens (primary N) is 1. The zero-order chi connectivity index (χ0) is 12.3. The minimum atomic E-state index is 0.0678. The van der Waals surface area contributed by atoms with Gasteiger partial charge in [-0.3, -0.25) is 4.98 Å². The maximum absolute atomic E-state index is 6.18. The third-order valence-electron chi connectivity index (χ3n) is 3.19. The first kappa shape index (κ1) is 12.1. The summed E-state index contributed by atoms with van der Waals surface area (Å²) in [4.78, 5) is 4.66. The van der Waals surface area contributed by atoms with E-state index < -0.39 is 0 Å². The molecule has 1 heterocycles. The van der Waals surface area contributed by atoms with Gasteiger partial charge in [0.1, 0.15) is 0 Å². The summed E-state index contributed by atoms with van der Waals surface area (Å²) < 4.78 is 0. The van der Waals surface area contributed by atoms with Crippen molar-refractivity contribution in [3.63, 3.8) is 0 Å². The van der Waals surface area contributed by atoms with Crippen LogP contribution < -0.4 is 5.73 Å². The van der Waals surface area contributed by atoms with E-state index in [1.165, 1.54) is 17.4 Å². The van der Waals surface area contributed by atoms with Gasteiger partial charge in [0.2, 0.25) is 0 Å². The van der Waals surface area contributed by atoms with Gasteiger partial charge in [0.15, 0.2) is 0 Å². The number of nitrogens with zero attached hydrogens (tertiary/aromatic N) is 1. The molecule has 0 saturated heterocycles. The van der Waals surface area contributed by atoms with Gasteiger partial charge in [0, 0.05) is 11.4 Å². The lowest BCUT2D eigenvalue weighted by atomic mass is 10.0. The molecule has 2 aromatic rings. The lowest BCUT2D eigenvalue weighted by Crippen LogP contribution is -2.12. The Labute approximate surface area is 103 Å². The SMILES string of the molecule is CCCCC(N)c1cc(C)c2ccccc2n1. The molecule has 0 aliphatic heterocycles. The van der Waals surface area contributed by atoms with E-state index >= 15 is 0 Å². The van der Waals surface area contributed by atoms with Crippen molar-refractivity contribution in [2.24, 2.45) is 5.73 Å². The van der Waals surface area contributed by atoms with Crippen molar-refractivity contribution >= 4 is 10.9 Å². The van der Waals surface area contributed by atoms with Gasteiger partial charge in [0.25, 0.3) is 0 Å². The van der Waals surface area contributed by atoms with Crippen LogP contribution >= 0.6 is 0 Å². The van der Waals surface area contributed by atoms with Crippen molar-refractivity contribution < 1.29 is 0 Å². The van der Waals surface area contributed by atoms with E-state index in [2.05, 4.69) is 37.0 Å². The first-order chi connectivity index (χ1) is 8.22. The van der Waals surface area contributed by atoms with Crippen LogP contribution in [0.5, 0.6) is 0 Å². The monoisotopic (exact) mass is 228 g/mol. The molecule has 1 atom stereocenters. The molecule has 2 heteroatoms. The molecule has 90 valence electrons. The summed E-state index contributed by atoms with van der Waals surface area (Å²) in [5, 5.41) is 1.22. The van der Waals surface area contributed by atoms with Gasteiger partial charge in [-0.1, -0.05) is 38.0 Å². The van der Waals surface area contributed by atoms with Crippen LogP contribution in [-0.4, -0.2) is 4.98 Å². The summed E-state index contributed by atoms with van der Waals surface area (Å²) in [6.45, 7) is 4.31. The number of benzene rings is 1. The first-order valence-corrected chi connectivity index (χ1v) is 6.34. The van der Waals surface area contributed by atoms with Gasteiger partial charge >= 0.3 is 0 Å². The molecule has 1 aromatic carbocycles. The Morgan fingerprint density at radius 1 is 1.29 bits per heavy atom. The van der Waals surface area contributed by atoms with E-state index in [0.29, 0.717) is 0 Å². The maximum Gasteiger partial charge on any atom is 0.0708 e. The smallest absolute Gasteiger partial charge is 0.0708 e. The van der Waals surface area contributed by atoms with Crippen molar-refractivity contribution in [3.05, 3.63) is 41.6 Å². The molecule has 0 bridgehead atoms. The van der Waals surface area contributed by atoms with Crippen molar-refractivity contribution in [2.45, 2.75) is 39.2 Å². The number of fused-ring (bicyclic) bond motifs is 1. The number of unbranched alkanes of at least 4 members (excludes halogenated alkanes) is 1. The fourth-order valence-electron chi connectivity index (χ4n) is 2.14. The number of pyridine rings is 1. The number of aromatic nitrogens is 1. The number of aryl methyl sites for hydroxylation is 1. The Kier molecular flexibility index (Phi) is 3.75. The highest BCUT2D eigenvalue weighted by atomic mass is 14.8. The summed E-state index contributed by atoms with van der Waals surface area (Å²) in [6.07, 6.45) is 3.36. The highest BCUT2D eigenvalue weighted by Crippen LogP contribution is 2.22. The normalized spacial score (nSPS) is 12.9.